The van der Waals surface area contributed by atoms with E-state index in [1.165, 1.54) is 79.7 Å². The van der Waals surface area contributed by atoms with Crippen LogP contribution in [0.2, 0.25) is 19.1 Å². The second kappa shape index (κ2) is 17.2. The molecule has 0 amide bonds. The number of hydrogen-bond acceptors (Lipinski definition) is 0. The van der Waals surface area contributed by atoms with Crippen LogP contribution in [0.5, 0.6) is 0 Å². The molecule has 0 aliphatic rings. The summed E-state index contributed by atoms with van der Waals surface area (Å²) in [5.41, 5.74) is 11.7. The lowest BCUT2D eigenvalue weighted by Crippen LogP contribution is -2.22. The number of allylic oxidation sites excluding steroid dienone is 11. The summed E-state index contributed by atoms with van der Waals surface area (Å²) in [4.78, 5) is 0. The standard InChI is InChI=1S/C31H54Si/c1-26(2)15-11-17-28(5)19-13-21-30(7)23-24-32(9,10)25-31(8)22-14-20-29(6)18-12-16-27(3)4/h15-16,19-20,23,25H,11-14,17-18,21-22,24H2,1-10H3/b28-19+,29-20+,30-23+,31-25+. The molecule has 0 unspecified atom stereocenters. The highest BCUT2D eigenvalue weighted by Crippen LogP contribution is 2.20. The van der Waals surface area contributed by atoms with Gasteiger partial charge in [0.15, 0.2) is 0 Å². The molecule has 0 aromatic carbocycles. The second-order valence-electron chi connectivity index (χ2n) is 11.1. The van der Waals surface area contributed by atoms with E-state index in [1.807, 2.05) is 0 Å². The average Bonchev–Trinajstić information content (AvgIpc) is 2.65. The predicted octanol–water partition coefficient (Wildman–Crippen LogP) is 11.1. The van der Waals surface area contributed by atoms with Gasteiger partial charge in [-0.05, 0) is 113 Å². The van der Waals surface area contributed by atoms with Crippen LogP contribution in [-0.2, 0) is 0 Å². The van der Waals surface area contributed by atoms with Crippen molar-refractivity contribution in [3.05, 3.63) is 69.5 Å². The third-order valence-electron chi connectivity index (χ3n) is 5.86. The van der Waals surface area contributed by atoms with E-state index in [0.717, 1.165) is 0 Å². The summed E-state index contributed by atoms with van der Waals surface area (Å²) in [6.07, 6.45) is 21.6. The van der Waals surface area contributed by atoms with Gasteiger partial charge < -0.3 is 0 Å². The fourth-order valence-corrected chi connectivity index (χ4v) is 6.28. The van der Waals surface area contributed by atoms with E-state index in [-0.39, 0.29) is 0 Å². The third-order valence-corrected chi connectivity index (χ3v) is 8.39. The van der Waals surface area contributed by atoms with Crippen molar-refractivity contribution in [3.63, 3.8) is 0 Å². The molecule has 0 saturated carbocycles. The van der Waals surface area contributed by atoms with E-state index in [4.69, 9.17) is 0 Å². The van der Waals surface area contributed by atoms with Gasteiger partial charge in [-0.25, -0.2) is 0 Å². The van der Waals surface area contributed by atoms with Gasteiger partial charge in [0, 0.05) is 0 Å². The molecule has 0 atom stereocenters. The smallest absolute Gasteiger partial charge is 0.0753 e. The SMILES string of the molecule is CC(C)=CCC/C(C)=C/CC/C(C)=C/C[Si](C)(C)/C=C(\C)CC/C=C(\C)CCC=C(C)C. The zero-order valence-electron chi connectivity index (χ0n) is 23.3. The largest absolute Gasteiger partial charge is 0.0955 e. The molecule has 0 aliphatic carbocycles. The Morgan fingerprint density at radius 1 is 0.469 bits per heavy atom. The van der Waals surface area contributed by atoms with E-state index >= 15 is 0 Å². The van der Waals surface area contributed by atoms with Crippen molar-refractivity contribution in [2.24, 2.45) is 0 Å². The van der Waals surface area contributed by atoms with Crippen LogP contribution in [0.15, 0.2) is 69.5 Å². The third kappa shape index (κ3) is 19.4. The summed E-state index contributed by atoms with van der Waals surface area (Å²) >= 11 is 0. The molecule has 0 aliphatic heterocycles. The first-order valence-electron chi connectivity index (χ1n) is 12.8. The van der Waals surface area contributed by atoms with Gasteiger partial charge in [0.1, 0.15) is 0 Å². The van der Waals surface area contributed by atoms with Crippen LogP contribution in [0.1, 0.15) is 107 Å². The maximum absolute atomic E-state index is 2.64. The lowest BCUT2D eigenvalue weighted by Gasteiger charge is -2.18. The van der Waals surface area contributed by atoms with Gasteiger partial charge in [-0.1, -0.05) is 82.6 Å². The van der Waals surface area contributed by atoms with E-state index < -0.39 is 8.07 Å². The van der Waals surface area contributed by atoms with Crippen LogP contribution in [-0.4, -0.2) is 8.07 Å². The molecule has 0 rings (SSSR count). The first-order valence-corrected chi connectivity index (χ1v) is 16.1. The quantitative estimate of drug-likeness (QED) is 0.170. The van der Waals surface area contributed by atoms with E-state index in [9.17, 15) is 0 Å². The van der Waals surface area contributed by atoms with Crippen LogP contribution >= 0.6 is 0 Å². The van der Waals surface area contributed by atoms with Gasteiger partial charge in [-0.2, -0.15) is 0 Å². The molecular formula is C31H54Si. The highest BCUT2D eigenvalue weighted by molar-refractivity contribution is 6.82. The fraction of sp³-hybridized carbons (Fsp3) is 0.613. The minimum absolute atomic E-state index is 1.18. The van der Waals surface area contributed by atoms with Crippen molar-refractivity contribution in [2.75, 3.05) is 0 Å². The van der Waals surface area contributed by atoms with E-state index in [0.29, 0.717) is 0 Å². The van der Waals surface area contributed by atoms with Gasteiger partial charge in [0.25, 0.3) is 0 Å². The molecule has 0 spiro atoms. The van der Waals surface area contributed by atoms with Gasteiger partial charge in [-0.15, -0.1) is 0 Å². The molecule has 0 aromatic rings. The maximum atomic E-state index is 2.64. The summed E-state index contributed by atoms with van der Waals surface area (Å²) in [6.45, 7) is 23.0. The first-order chi connectivity index (χ1) is 14.9. The van der Waals surface area contributed by atoms with Crippen LogP contribution in [0.4, 0.5) is 0 Å². The molecule has 0 bridgehead atoms. The highest BCUT2D eigenvalue weighted by Gasteiger charge is 2.16. The highest BCUT2D eigenvalue weighted by atomic mass is 28.3. The molecule has 0 saturated heterocycles. The molecule has 0 aromatic heterocycles. The van der Waals surface area contributed by atoms with Gasteiger partial charge in [0.05, 0.1) is 8.07 Å². The van der Waals surface area contributed by atoms with Gasteiger partial charge >= 0.3 is 0 Å². The zero-order valence-corrected chi connectivity index (χ0v) is 24.3. The Morgan fingerprint density at radius 3 is 1.22 bits per heavy atom. The monoisotopic (exact) mass is 454 g/mol. The molecule has 0 radical (unpaired) electrons. The zero-order chi connectivity index (χ0) is 24.6. The Morgan fingerprint density at radius 2 is 0.812 bits per heavy atom. The Labute approximate surface area is 203 Å². The molecule has 32 heavy (non-hydrogen) atoms. The lowest BCUT2D eigenvalue weighted by molar-refractivity contribution is 0.916. The fourth-order valence-electron chi connectivity index (χ4n) is 3.81. The minimum atomic E-state index is -1.32. The summed E-state index contributed by atoms with van der Waals surface area (Å²) < 4.78 is 0. The van der Waals surface area contributed by atoms with Crippen molar-refractivity contribution in [1.82, 2.24) is 0 Å². The van der Waals surface area contributed by atoms with Crippen LogP contribution < -0.4 is 0 Å². The van der Waals surface area contributed by atoms with Gasteiger partial charge in [0.2, 0.25) is 0 Å². The predicted molar refractivity (Wildman–Crippen MR) is 153 cm³/mol. The maximum Gasteiger partial charge on any atom is 0.0753 e. The number of hydrogen-bond donors (Lipinski definition) is 0. The molecular weight excluding hydrogens is 400 g/mol. The summed E-state index contributed by atoms with van der Waals surface area (Å²) in [5.74, 6) is 0. The van der Waals surface area contributed by atoms with Crippen molar-refractivity contribution >= 4 is 8.07 Å². The molecule has 0 nitrogen and oxygen atoms in total. The van der Waals surface area contributed by atoms with Crippen LogP contribution in [0, 0.1) is 0 Å². The molecule has 0 N–H and O–H groups in total. The molecule has 1 heteroatoms. The average molecular weight is 455 g/mol. The van der Waals surface area contributed by atoms with Crippen LogP contribution in [0.25, 0.3) is 0 Å². The Hall–Kier alpha value is -1.34. The summed E-state index contributed by atoms with van der Waals surface area (Å²) in [5, 5.41) is 0. The van der Waals surface area contributed by atoms with Crippen molar-refractivity contribution in [3.8, 4) is 0 Å². The topological polar surface area (TPSA) is 0 Å². The summed E-state index contributed by atoms with van der Waals surface area (Å²) in [6, 6.07) is 1.26. The van der Waals surface area contributed by atoms with Crippen molar-refractivity contribution < 1.29 is 0 Å². The number of rotatable bonds is 15. The van der Waals surface area contributed by atoms with Crippen molar-refractivity contribution in [1.29, 1.82) is 0 Å². The summed E-state index contributed by atoms with van der Waals surface area (Å²) in [7, 11) is -1.32. The van der Waals surface area contributed by atoms with E-state index in [1.54, 1.807) is 11.1 Å². The van der Waals surface area contributed by atoms with Crippen molar-refractivity contribution in [2.45, 2.75) is 126 Å². The van der Waals surface area contributed by atoms with Crippen LogP contribution in [0.3, 0.4) is 0 Å². The lowest BCUT2D eigenvalue weighted by atomic mass is 10.1. The van der Waals surface area contributed by atoms with E-state index in [2.05, 4.69) is 105 Å². The Kier molecular flexibility index (Phi) is 16.5. The molecule has 182 valence electrons. The molecule has 0 fully saturated rings. The molecule has 0 heterocycles. The first kappa shape index (κ1) is 30.7. The second-order valence-corrected chi connectivity index (χ2v) is 15.7. The van der Waals surface area contributed by atoms with Gasteiger partial charge in [-0.3, -0.25) is 0 Å². The Bertz CT molecular complexity index is 712. The minimum Gasteiger partial charge on any atom is -0.0955 e. The Balaban J connectivity index is 4.46. The normalized spacial score (nSPS) is 13.9.